The normalized spacial score (nSPS) is 18.4. The summed E-state index contributed by atoms with van der Waals surface area (Å²) in [5, 5.41) is 3.34. The molecule has 1 rings (SSSR count). The Labute approximate surface area is 105 Å². The van der Waals surface area contributed by atoms with Crippen molar-refractivity contribution < 1.29 is 9.53 Å². The van der Waals surface area contributed by atoms with Crippen LogP contribution in [0.3, 0.4) is 0 Å². The lowest BCUT2D eigenvalue weighted by molar-refractivity contribution is -0.142. The van der Waals surface area contributed by atoms with Gasteiger partial charge in [0, 0.05) is 6.04 Å². The molecular weight excluding hydrogens is 214 g/mol. The van der Waals surface area contributed by atoms with E-state index in [2.05, 4.69) is 12.2 Å². The first kappa shape index (κ1) is 14.5. The predicted molar refractivity (Wildman–Crippen MR) is 70.0 cm³/mol. The molecular formula is C14H27NO2. The zero-order valence-corrected chi connectivity index (χ0v) is 11.2. The number of hydrogen-bond acceptors (Lipinski definition) is 3. The highest BCUT2D eigenvalue weighted by Gasteiger charge is 2.12. The van der Waals surface area contributed by atoms with E-state index in [-0.39, 0.29) is 5.97 Å². The Morgan fingerprint density at radius 1 is 1.18 bits per heavy atom. The average Bonchev–Trinajstić information content (AvgIpc) is 2.28. The maximum absolute atomic E-state index is 11.4. The molecule has 0 aromatic carbocycles. The minimum absolute atomic E-state index is 0.0968. The molecule has 17 heavy (non-hydrogen) atoms. The van der Waals surface area contributed by atoms with Gasteiger partial charge in [0.05, 0.1) is 13.2 Å². The van der Waals surface area contributed by atoms with Crippen molar-refractivity contribution in [1.82, 2.24) is 5.32 Å². The van der Waals surface area contributed by atoms with Crippen LogP contribution in [0.4, 0.5) is 0 Å². The fraction of sp³-hybridized carbons (Fsp3) is 0.929. The van der Waals surface area contributed by atoms with Crippen LogP contribution in [0.1, 0.15) is 64.7 Å². The van der Waals surface area contributed by atoms with Crippen molar-refractivity contribution in [3.8, 4) is 0 Å². The van der Waals surface area contributed by atoms with Gasteiger partial charge in [-0.3, -0.25) is 4.79 Å². The first-order valence-electron chi connectivity index (χ1n) is 7.22. The molecule has 0 unspecified atom stereocenters. The van der Waals surface area contributed by atoms with Crippen molar-refractivity contribution in [2.75, 3.05) is 13.2 Å². The van der Waals surface area contributed by atoms with Gasteiger partial charge in [-0.1, -0.05) is 45.4 Å². The quantitative estimate of drug-likeness (QED) is 0.574. The molecule has 0 aromatic heterocycles. The van der Waals surface area contributed by atoms with Crippen LogP contribution in [0.5, 0.6) is 0 Å². The lowest BCUT2D eigenvalue weighted by Crippen LogP contribution is -2.35. The SMILES string of the molecule is CCCCOC(=O)CNC1CCCCCCC1. The molecule has 1 aliphatic carbocycles. The van der Waals surface area contributed by atoms with Crippen LogP contribution in [0.25, 0.3) is 0 Å². The van der Waals surface area contributed by atoms with E-state index in [1.54, 1.807) is 0 Å². The van der Waals surface area contributed by atoms with Crippen molar-refractivity contribution in [3.63, 3.8) is 0 Å². The van der Waals surface area contributed by atoms with Crippen molar-refractivity contribution >= 4 is 5.97 Å². The maximum Gasteiger partial charge on any atom is 0.319 e. The molecule has 3 heteroatoms. The number of unbranched alkanes of at least 4 members (excludes halogenated alkanes) is 1. The van der Waals surface area contributed by atoms with Crippen molar-refractivity contribution in [2.24, 2.45) is 0 Å². The summed E-state index contributed by atoms with van der Waals surface area (Å²) in [7, 11) is 0. The van der Waals surface area contributed by atoms with Crippen LogP contribution in [0.15, 0.2) is 0 Å². The van der Waals surface area contributed by atoms with Crippen molar-refractivity contribution in [2.45, 2.75) is 70.8 Å². The largest absolute Gasteiger partial charge is 0.465 e. The zero-order valence-electron chi connectivity index (χ0n) is 11.2. The summed E-state index contributed by atoms with van der Waals surface area (Å²) >= 11 is 0. The molecule has 0 heterocycles. The van der Waals surface area contributed by atoms with Gasteiger partial charge in [0.25, 0.3) is 0 Å². The standard InChI is InChI=1S/C14H27NO2/c1-2-3-11-17-14(16)12-15-13-9-7-5-4-6-8-10-13/h13,15H,2-12H2,1H3. The molecule has 1 aliphatic rings. The fourth-order valence-electron chi connectivity index (χ4n) is 2.27. The van der Waals surface area contributed by atoms with E-state index in [0.29, 0.717) is 19.2 Å². The van der Waals surface area contributed by atoms with Gasteiger partial charge in [0.15, 0.2) is 0 Å². The zero-order chi connectivity index (χ0) is 12.3. The fourth-order valence-corrected chi connectivity index (χ4v) is 2.27. The minimum Gasteiger partial charge on any atom is -0.465 e. The first-order chi connectivity index (χ1) is 8.33. The number of rotatable bonds is 6. The third-order valence-corrected chi connectivity index (χ3v) is 3.40. The molecule has 1 fully saturated rings. The molecule has 0 bridgehead atoms. The van der Waals surface area contributed by atoms with E-state index in [4.69, 9.17) is 4.74 Å². The average molecular weight is 241 g/mol. The lowest BCUT2D eigenvalue weighted by Gasteiger charge is -2.20. The Morgan fingerprint density at radius 2 is 1.82 bits per heavy atom. The highest BCUT2D eigenvalue weighted by atomic mass is 16.5. The maximum atomic E-state index is 11.4. The molecule has 0 atom stereocenters. The molecule has 0 spiro atoms. The topological polar surface area (TPSA) is 38.3 Å². The third kappa shape index (κ3) is 7.37. The van der Waals surface area contributed by atoms with Crippen molar-refractivity contribution in [1.29, 1.82) is 0 Å². The molecule has 0 radical (unpaired) electrons. The second kappa shape index (κ2) is 9.46. The number of ether oxygens (including phenoxy) is 1. The monoisotopic (exact) mass is 241 g/mol. The number of carbonyl (C=O) groups is 1. The summed E-state index contributed by atoms with van der Waals surface area (Å²) in [5.41, 5.74) is 0. The molecule has 0 aliphatic heterocycles. The molecule has 0 aromatic rings. The van der Waals surface area contributed by atoms with Gasteiger partial charge in [-0.15, -0.1) is 0 Å². The van der Waals surface area contributed by atoms with Gasteiger partial charge in [0.1, 0.15) is 0 Å². The summed E-state index contributed by atoms with van der Waals surface area (Å²) in [5.74, 6) is -0.0968. The number of nitrogens with one attached hydrogen (secondary N) is 1. The van der Waals surface area contributed by atoms with E-state index in [1.807, 2.05) is 0 Å². The molecule has 0 amide bonds. The van der Waals surface area contributed by atoms with E-state index < -0.39 is 0 Å². The highest BCUT2D eigenvalue weighted by Crippen LogP contribution is 2.16. The molecule has 100 valence electrons. The van der Waals surface area contributed by atoms with Crippen LogP contribution in [0, 0.1) is 0 Å². The Bertz CT molecular complexity index is 198. The second-order valence-electron chi connectivity index (χ2n) is 5.00. The van der Waals surface area contributed by atoms with Gasteiger partial charge in [0.2, 0.25) is 0 Å². The van der Waals surface area contributed by atoms with E-state index in [9.17, 15) is 4.79 Å². The molecule has 0 saturated heterocycles. The second-order valence-corrected chi connectivity index (χ2v) is 5.00. The van der Waals surface area contributed by atoms with Gasteiger partial charge >= 0.3 is 5.97 Å². The first-order valence-corrected chi connectivity index (χ1v) is 7.22. The van der Waals surface area contributed by atoms with Gasteiger partial charge in [-0.2, -0.15) is 0 Å². The highest BCUT2D eigenvalue weighted by molar-refractivity contribution is 5.71. The summed E-state index contributed by atoms with van der Waals surface area (Å²) in [6, 6.07) is 0.522. The van der Waals surface area contributed by atoms with Crippen molar-refractivity contribution in [3.05, 3.63) is 0 Å². The number of esters is 1. The molecule has 3 nitrogen and oxygen atoms in total. The number of carbonyl (C=O) groups excluding carboxylic acids is 1. The van der Waals surface area contributed by atoms with E-state index in [1.165, 1.54) is 44.9 Å². The van der Waals surface area contributed by atoms with Crippen LogP contribution < -0.4 is 5.32 Å². The summed E-state index contributed by atoms with van der Waals surface area (Å²) in [4.78, 5) is 11.4. The van der Waals surface area contributed by atoms with Crippen LogP contribution in [0.2, 0.25) is 0 Å². The predicted octanol–water partition coefficient (Wildman–Crippen LogP) is 3.03. The molecule has 1 saturated carbocycles. The number of hydrogen-bond donors (Lipinski definition) is 1. The minimum atomic E-state index is -0.0968. The van der Waals surface area contributed by atoms with Gasteiger partial charge < -0.3 is 10.1 Å². The summed E-state index contributed by atoms with van der Waals surface area (Å²) in [6.07, 6.45) is 11.1. The van der Waals surface area contributed by atoms with Crippen LogP contribution >= 0.6 is 0 Å². The van der Waals surface area contributed by atoms with Gasteiger partial charge in [-0.05, 0) is 19.3 Å². The summed E-state index contributed by atoms with van der Waals surface area (Å²) < 4.78 is 5.13. The molecule has 1 N–H and O–H groups in total. The third-order valence-electron chi connectivity index (χ3n) is 3.40. The van der Waals surface area contributed by atoms with Gasteiger partial charge in [-0.25, -0.2) is 0 Å². The smallest absolute Gasteiger partial charge is 0.319 e. The Morgan fingerprint density at radius 3 is 2.47 bits per heavy atom. The van der Waals surface area contributed by atoms with Crippen LogP contribution in [-0.2, 0) is 9.53 Å². The Balaban J connectivity index is 2.08. The summed E-state index contributed by atoms with van der Waals surface area (Å²) in [6.45, 7) is 3.05. The lowest BCUT2D eigenvalue weighted by atomic mass is 9.97. The van der Waals surface area contributed by atoms with E-state index >= 15 is 0 Å². The van der Waals surface area contributed by atoms with E-state index in [0.717, 1.165) is 12.8 Å². The van der Waals surface area contributed by atoms with Crippen LogP contribution in [-0.4, -0.2) is 25.2 Å². The Kier molecular flexibility index (Phi) is 8.06. The Hall–Kier alpha value is -0.570.